The van der Waals surface area contributed by atoms with Gasteiger partial charge in [-0.2, -0.15) is 0 Å². The van der Waals surface area contributed by atoms with Crippen molar-refractivity contribution in [3.63, 3.8) is 0 Å². The molecule has 16 heavy (non-hydrogen) atoms. The molecule has 1 aromatic heterocycles. The van der Waals surface area contributed by atoms with Crippen molar-refractivity contribution >= 4 is 17.3 Å². The van der Waals surface area contributed by atoms with E-state index in [9.17, 15) is 10.1 Å². The van der Waals surface area contributed by atoms with Gasteiger partial charge in [-0.1, -0.05) is 24.9 Å². The van der Waals surface area contributed by atoms with Crippen LogP contribution in [0.25, 0.3) is 0 Å². The van der Waals surface area contributed by atoms with Crippen molar-refractivity contribution in [1.82, 2.24) is 4.98 Å². The minimum atomic E-state index is -0.479. The van der Waals surface area contributed by atoms with Gasteiger partial charge in [0.05, 0.1) is 9.95 Å². The molecule has 0 aliphatic heterocycles. The van der Waals surface area contributed by atoms with Crippen molar-refractivity contribution in [2.24, 2.45) is 5.73 Å². The second-order valence-electron chi connectivity index (χ2n) is 3.63. The Morgan fingerprint density at radius 2 is 2.38 bits per heavy atom. The lowest BCUT2D eigenvalue weighted by Crippen LogP contribution is -2.23. The van der Waals surface area contributed by atoms with Crippen LogP contribution in [-0.2, 0) is 6.42 Å². The third-order valence-corrected chi connectivity index (χ3v) is 2.43. The molecule has 6 heteroatoms. The van der Waals surface area contributed by atoms with Crippen LogP contribution in [-0.4, -0.2) is 15.9 Å². The molecule has 0 bridgehead atoms. The van der Waals surface area contributed by atoms with Crippen LogP contribution in [0, 0.1) is 10.1 Å². The molecule has 2 N–H and O–H groups in total. The van der Waals surface area contributed by atoms with E-state index in [4.69, 9.17) is 17.3 Å². The summed E-state index contributed by atoms with van der Waals surface area (Å²) >= 11 is 5.66. The Bertz CT molecular complexity index is 384. The van der Waals surface area contributed by atoms with Gasteiger partial charge in [0.25, 0.3) is 5.69 Å². The predicted molar refractivity (Wildman–Crippen MR) is 62.5 cm³/mol. The Balaban J connectivity index is 2.90. The fourth-order valence-electron chi connectivity index (χ4n) is 1.49. The summed E-state index contributed by atoms with van der Waals surface area (Å²) in [5.74, 6) is 0. The molecule has 0 radical (unpaired) electrons. The molecule has 1 heterocycles. The van der Waals surface area contributed by atoms with Crippen LogP contribution in [0.3, 0.4) is 0 Å². The Kier molecular flexibility index (Phi) is 4.64. The molecule has 0 saturated heterocycles. The maximum absolute atomic E-state index is 10.8. The lowest BCUT2D eigenvalue weighted by molar-refractivity contribution is -0.385. The summed E-state index contributed by atoms with van der Waals surface area (Å²) in [6.45, 7) is 2.02. The van der Waals surface area contributed by atoms with Gasteiger partial charge in [0.2, 0.25) is 0 Å². The number of hydrogen-bond acceptors (Lipinski definition) is 4. The van der Waals surface area contributed by atoms with Gasteiger partial charge in [0.15, 0.2) is 0 Å². The normalized spacial score (nSPS) is 12.4. The maximum Gasteiger partial charge on any atom is 0.292 e. The van der Waals surface area contributed by atoms with Gasteiger partial charge < -0.3 is 5.73 Å². The van der Waals surface area contributed by atoms with Crippen LogP contribution in [0.15, 0.2) is 12.3 Å². The number of aromatic nitrogens is 1. The molecule has 1 aromatic rings. The van der Waals surface area contributed by atoms with Crippen LogP contribution in [0.5, 0.6) is 0 Å². The number of hydrogen-bond donors (Lipinski definition) is 1. The van der Waals surface area contributed by atoms with E-state index >= 15 is 0 Å². The first-order valence-electron chi connectivity index (χ1n) is 5.09. The fraction of sp³-hybridized carbons (Fsp3) is 0.500. The van der Waals surface area contributed by atoms with E-state index in [1.54, 1.807) is 0 Å². The number of rotatable bonds is 5. The third kappa shape index (κ3) is 3.43. The molecule has 0 aliphatic rings. The quantitative estimate of drug-likeness (QED) is 0.636. The SMILES string of the molecule is CCCC(N)Cc1ncc(Cl)cc1[N+](=O)[O-]. The summed E-state index contributed by atoms with van der Waals surface area (Å²) in [4.78, 5) is 14.3. The van der Waals surface area contributed by atoms with Crippen LogP contribution in [0.2, 0.25) is 5.02 Å². The van der Waals surface area contributed by atoms with E-state index in [-0.39, 0.29) is 16.8 Å². The van der Waals surface area contributed by atoms with Crippen molar-refractivity contribution in [1.29, 1.82) is 0 Å². The van der Waals surface area contributed by atoms with Crippen LogP contribution in [0.4, 0.5) is 5.69 Å². The van der Waals surface area contributed by atoms with E-state index in [0.717, 1.165) is 12.8 Å². The van der Waals surface area contributed by atoms with Gasteiger partial charge in [-0.05, 0) is 6.42 Å². The van der Waals surface area contributed by atoms with Crippen LogP contribution in [0.1, 0.15) is 25.5 Å². The largest absolute Gasteiger partial charge is 0.327 e. The second-order valence-corrected chi connectivity index (χ2v) is 4.07. The molecule has 0 aliphatic carbocycles. The smallest absolute Gasteiger partial charge is 0.292 e. The summed E-state index contributed by atoms with van der Waals surface area (Å²) in [6.07, 6.45) is 3.58. The van der Waals surface area contributed by atoms with Crippen molar-refractivity contribution in [3.05, 3.63) is 33.1 Å². The van der Waals surface area contributed by atoms with Crippen molar-refractivity contribution in [2.45, 2.75) is 32.2 Å². The zero-order valence-electron chi connectivity index (χ0n) is 9.02. The molecule has 1 rings (SSSR count). The highest BCUT2D eigenvalue weighted by Gasteiger charge is 2.17. The van der Waals surface area contributed by atoms with Gasteiger partial charge in [-0.15, -0.1) is 0 Å². The Hall–Kier alpha value is -1.20. The topological polar surface area (TPSA) is 82.0 Å². The molecule has 0 fully saturated rings. The maximum atomic E-state index is 10.8. The minimum Gasteiger partial charge on any atom is -0.327 e. The average molecular weight is 244 g/mol. The molecule has 0 aromatic carbocycles. The zero-order valence-corrected chi connectivity index (χ0v) is 9.78. The molecule has 5 nitrogen and oxygen atoms in total. The molecule has 88 valence electrons. The molecular weight excluding hydrogens is 230 g/mol. The first kappa shape index (κ1) is 12.9. The Morgan fingerprint density at radius 1 is 1.69 bits per heavy atom. The highest BCUT2D eigenvalue weighted by Crippen LogP contribution is 2.22. The summed E-state index contributed by atoms with van der Waals surface area (Å²) in [6, 6.07) is 1.21. The second kappa shape index (κ2) is 5.77. The Labute approximate surface area is 98.8 Å². The highest BCUT2D eigenvalue weighted by atomic mass is 35.5. The van der Waals surface area contributed by atoms with E-state index < -0.39 is 4.92 Å². The number of nitrogens with zero attached hydrogens (tertiary/aromatic N) is 2. The number of nitro groups is 1. The van der Waals surface area contributed by atoms with E-state index in [1.165, 1.54) is 12.3 Å². The van der Waals surface area contributed by atoms with E-state index in [1.807, 2.05) is 6.92 Å². The number of pyridine rings is 1. The molecule has 0 spiro atoms. The average Bonchev–Trinajstić information content (AvgIpc) is 2.20. The van der Waals surface area contributed by atoms with Crippen LogP contribution >= 0.6 is 11.6 Å². The number of nitrogens with two attached hydrogens (primary N) is 1. The van der Waals surface area contributed by atoms with Crippen molar-refractivity contribution in [2.75, 3.05) is 0 Å². The first-order chi connectivity index (χ1) is 7.54. The van der Waals surface area contributed by atoms with Crippen LogP contribution < -0.4 is 5.73 Å². The lowest BCUT2D eigenvalue weighted by Gasteiger charge is -2.09. The summed E-state index contributed by atoms with van der Waals surface area (Å²) in [5, 5.41) is 11.0. The van der Waals surface area contributed by atoms with Crippen molar-refractivity contribution < 1.29 is 4.92 Å². The Morgan fingerprint density at radius 3 is 2.94 bits per heavy atom. The highest BCUT2D eigenvalue weighted by molar-refractivity contribution is 6.30. The summed E-state index contributed by atoms with van der Waals surface area (Å²) in [7, 11) is 0. The van der Waals surface area contributed by atoms with E-state index in [0.29, 0.717) is 12.1 Å². The monoisotopic (exact) mass is 243 g/mol. The van der Waals surface area contributed by atoms with Gasteiger partial charge in [0.1, 0.15) is 5.69 Å². The molecule has 1 atom stereocenters. The van der Waals surface area contributed by atoms with E-state index in [2.05, 4.69) is 4.98 Å². The van der Waals surface area contributed by atoms with Gasteiger partial charge >= 0.3 is 0 Å². The number of halogens is 1. The molecule has 0 saturated carbocycles. The molecular formula is C10H14ClN3O2. The standard InChI is InChI=1S/C10H14ClN3O2/c1-2-3-8(12)5-9-10(14(15)16)4-7(11)6-13-9/h4,6,8H,2-3,5,12H2,1H3. The molecule has 0 amide bonds. The van der Waals surface area contributed by atoms with Gasteiger partial charge in [-0.3, -0.25) is 15.1 Å². The zero-order chi connectivity index (χ0) is 12.1. The lowest BCUT2D eigenvalue weighted by atomic mass is 10.1. The van der Waals surface area contributed by atoms with Gasteiger partial charge in [0, 0.05) is 24.7 Å². The molecule has 1 unspecified atom stereocenters. The third-order valence-electron chi connectivity index (χ3n) is 2.23. The van der Waals surface area contributed by atoms with Gasteiger partial charge in [-0.25, -0.2) is 0 Å². The van der Waals surface area contributed by atoms with Crippen molar-refractivity contribution in [3.8, 4) is 0 Å². The fourth-order valence-corrected chi connectivity index (χ4v) is 1.65. The summed E-state index contributed by atoms with van der Waals surface area (Å²) in [5.41, 5.74) is 6.17. The first-order valence-corrected chi connectivity index (χ1v) is 5.46. The summed E-state index contributed by atoms with van der Waals surface area (Å²) < 4.78 is 0. The minimum absolute atomic E-state index is 0.0564. The predicted octanol–water partition coefficient (Wildman–Crippen LogP) is 2.31.